The second-order valence-corrected chi connectivity index (χ2v) is 5.60. The van der Waals surface area contributed by atoms with Crippen LogP contribution in [0.15, 0.2) is 28.4 Å². The Morgan fingerprint density at radius 3 is 2.70 bits per heavy atom. The summed E-state index contributed by atoms with van der Waals surface area (Å²) in [7, 11) is 0. The molecule has 0 saturated carbocycles. The number of amides is 2. The van der Waals surface area contributed by atoms with Crippen molar-refractivity contribution in [3.63, 3.8) is 0 Å². The van der Waals surface area contributed by atoms with Crippen LogP contribution < -0.4 is 4.74 Å². The van der Waals surface area contributed by atoms with Crippen molar-refractivity contribution in [1.82, 2.24) is 14.9 Å². The van der Waals surface area contributed by atoms with E-state index in [-0.39, 0.29) is 12.0 Å². The maximum absolute atomic E-state index is 12.3. The van der Waals surface area contributed by atoms with Crippen LogP contribution in [0, 0.1) is 13.8 Å². The van der Waals surface area contributed by atoms with Crippen LogP contribution in [0.5, 0.6) is 6.01 Å². The number of aryl methyl sites for hydroxylation is 2. The van der Waals surface area contributed by atoms with Gasteiger partial charge in [-0.3, -0.25) is 9.59 Å². The number of ether oxygens (including phenoxy) is 1. The molecule has 3 heterocycles. The Bertz CT molecular complexity index is 664. The number of hydrogen-bond acceptors (Lipinski definition) is 6. The highest BCUT2D eigenvalue weighted by molar-refractivity contribution is 5.92. The molecule has 1 aromatic heterocycles. The van der Waals surface area contributed by atoms with Crippen molar-refractivity contribution in [3.05, 3.63) is 29.6 Å². The predicted molar refractivity (Wildman–Crippen MR) is 79.9 cm³/mol. The molecule has 0 bridgehead atoms. The molecule has 2 atom stereocenters. The first-order valence-electron chi connectivity index (χ1n) is 7.42. The lowest BCUT2D eigenvalue weighted by Gasteiger charge is -2.19. The van der Waals surface area contributed by atoms with Crippen LogP contribution in [0.25, 0.3) is 0 Å². The Morgan fingerprint density at radius 1 is 1.30 bits per heavy atom. The number of carbonyl (C=O) groups is 2. The highest BCUT2D eigenvalue weighted by Gasteiger charge is 2.32. The first kappa shape index (κ1) is 15.3. The van der Waals surface area contributed by atoms with Crippen LogP contribution >= 0.6 is 0 Å². The normalized spacial score (nSPS) is 23.4. The van der Waals surface area contributed by atoms with Crippen molar-refractivity contribution in [3.8, 4) is 6.01 Å². The van der Waals surface area contributed by atoms with Gasteiger partial charge < -0.3 is 9.64 Å². The highest BCUT2D eigenvalue weighted by atomic mass is 16.5. The molecule has 1 saturated heterocycles. The van der Waals surface area contributed by atoms with E-state index in [9.17, 15) is 9.59 Å². The molecule has 0 N–H and O–H groups in total. The second-order valence-electron chi connectivity index (χ2n) is 5.60. The summed E-state index contributed by atoms with van der Waals surface area (Å²) in [5.74, 6) is -0.617. The molecule has 23 heavy (non-hydrogen) atoms. The molecule has 2 aliphatic rings. The first-order valence-corrected chi connectivity index (χ1v) is 7.42. The summed E-state index contributed by atoms with van der Waals surface area (Å²) in [6.07, 6.45) is 3.29. The molecule has 1 fully saturated rings. The zero-order valence-electron chi connectivity index (χ0n) is 13.0. The number of azo groups is 1. The standard InChI is InChI=1S/C15H17N5O3/c1-9-7-10(2)17-15(16-9)23-11-5-6-20(8-11)14(22)12-3-4-13(21)19-18-12/h3-4,7,11-12H,5-6,8H2,1-2H3. The topological polar surface area (TPSA) is 97.1 Å². The minimum atomic E-state index is -0.719. The fourth-order valence-electron chi connectivity index (χ4n) is 2.60. The highest BCUT2D eigenvalue weighted by Crippen LogP contribution is 2.18. The summed E-state index contributed by atoms with van der Waals surface area (Å²) in [6.45, 7) is 4.78. The number of likely N-dealkylation sites (tertiary alicyclic amines) is 1. The molecule has 0 aliphatic carbocycles. The number of rotatable bonds is 3. The van der Waals surface area contributed by atoms with Gasteiger partial charge in [0.25, 0.3) is 11.8 Å². The molecule has 0 spiro atoms. The number of nitrogens with zero attached hydrogens (tertiary/aromatic N) is 5. The molecule has 0 radical (unpaired) electrons. The Labute approximate surface area is 133 Å². The second kappa shape index (κ2) is 6.23. The maximum Gasteiger partial charge on any atom is 0.317 e. The lowest BCUT2D eigenvalue weighted by Crippen LogP contribution is -2.37. The minimum Gasteiger partial charge on any atom is -0.458 e. The van der Waals surface area contributed by atoms with Gasteiger partial charge in [0.2, 0.25) is 0 Å². The van der Waals surface area contributed by atoms with Crippen LogP contribution in [0.1, 0.15) is 17.8 Å². The molecular weight excluding hydrogens is 298 g/mol. The van der Waals surface area contributed by atoms with E-state index in [2.05, 4.69) is 20.2 Å². The summed E-state index contributed by atoms with van der Waals surface area (Å²) in [5, 5.41) is 7.13. The van der Waals surface area contributed by atoms with E-state index < -0.39 is 11.9 Å². The third-order valence-electron chi connectivity index (χ3n) is 3.65. The predicted octanol–water partition coefficient (Wildman–Crippen LogP) is 0.990. The average molecular weight is 315 g/mol. The van der Waals surface area contributed by atoms with Crippen LogP contribution in [0.4, 0.5) is 0 Å². The molecule has 8 nitrogen and oxygen atoms in total. The minimum absolute atomic E-state index is 0.147. The van der Waals surface area contributed by atoms with E-state index in [0.717, 1.165) is 11.4 Å². The van der Waals surface area contributed by atoms with E-state index in [0.29, 0.717) is 25.5 Å². The number of carbonyl (C=O) groups excluding carboxylic acids is 2. The summed E-state index contributed by atoms with van der Waals surface area (Å²) < 4.78 is 5.78. The van der Waals surface area contributed by atoms with E-state index in [1.165, 1.54) is 12.2 Å². The first-order chi connectivity index (χ1) is 11.0. The molecule has 2 unspecified atom stereocenters. The summed E-state index contributed by atoms with van der Waals surface area (Å²) in [4.78, 5) is 33.4. The Hall–Kier alpha value is -2.64. The van der Waals surface area contributed by atoms with Crippen LogP contribution in [-0.4, -0.2) is 51.9 Å². The molecule has 1 aromatic rings. The van der Waals surface area contributed by atoms with Gasteiger partial charge in [0, 0.05) is 30.4 Å². The zero-order chi connectivity index (χ0) is 16.4. The maximum atomic E-state index is 12.3. The van der Waals surface area contributed by atoms with Gasteiger partial charge in [-0.2, -0.15) is 5.11 Å². The Balaban J connectivity index is 1.60. The molecule has 2 aliphatic heterocycles. The van der Waals surface area contributed by atoms with Gasteiger partial charge in [0.15, 0.2) is 6.04 Å². The lowest BCUT2D eigenvalue weighted by atomic mass is 10.2. The Morgan fingerprint density at radius 2 is 2.04 bits per heavy atom. The van der Waals surface area contributed by atoms with E-state index in [4.69, 9.17) is 4.74 Å². The fraction of sp³-hybridized carbons (Fsp3) is 0.467. The van der Waals surface area contributed by atoms with Crippen molar-refractivity contribution < 1.29 is 14.3 Å². The van der Waals surface area contributed by atoms with Crippen molar-refractivity contribution in [2.45, 2.75) is 32.4 Å². The summed E-state index contributed by atoms with van der Waals surface area (Å²) in [6, 6.07) is 1.49. The van der Waals surface area contributed by atoms with E-state index >= 15 is 0 Å². The van der Waals surface area contributed by atoms with Gasteiger partial charge in [0.1, 0.15) is 6.10 Å². The van der Waals surface area contributed by atoms with Crippen molar-refractivity contribution >= 4 is 11.8 Å². The molecule has 120 valence electrons. The third-order valence-corrected chi connectivity index (χ3v) is 3.65. The van der Waals surface area contributed by atoms with Crippen LogP contribution in [-0.2, 0) is 9.59 Å². The van der Waals surface area contributed by atoms with Gasteiger partial charge in [-0.25, -0.2) is 9.97 Å². The molecule has 3 rings (SSSR count). The number of aromatic nitrogens is 2. The lowest BCUT2D eigenvalue weighted by molar-refractivity contribution is -0.130. The zero-order valence-corrected chi connectivity index (χ0v) is 13.0. The largest absolute Gasteiger partial charge is 0.458 e. The number of hydrogen-bond donors (Lipinski definition) is 0. The van der Waals surface area contributed by atoms with Gasteiger partial charge in [-0.05, 0) is 26.0 Å². The molecule has 2 amide bonds. The van der Waals surface area contributed by atoms with E-state index in [1.807, 2.05) is 19.9 Å². The SMILES string of the molecule is Cc1cc(C)nc(OC2CCN(C(=O)C3C=CC(=O)N=N3)C2)n1. The molecule has 0 aromatic carbocycles. The monoisotopic (exact) mass is 315 g/mol. The van der Waals surface area contributed by atoms with E-state index in [1.54, 1.807) is 4.90 Å². The van der Waals surface area contributed by atoms with Gasteiger partial charge in [-0.15, -0.1) is 5.11 Å². The van der Waals surface area contributed by atoms with Crippen molar-refractivity contribution in [2.75, 3.05) is 13.1 Å². The Kier molecular flexibility index (Phi) is 4.14. The van der Waals surface area contributed by atoms with Crippen molar-refractivity contribution in [1.29, 1.82) is 0 Å². The van der Waals surface area contributed by atoms with Gasteiger partial charge in [-0.1, -0.05) is 0 Å². The average Bonchev–Trinajstić information content (AvgIpc) is 2.94. The quantitative estimate of drug-likeness (QED) is 0.828. The smallest absolute Gasteiger partial charge is 0.317 e. The molecular formula is C15H17N5O3. The molecule has 8 heteroatoms. The van der Waals surface area contributed by atoms with Crippen LogP contribution in [0.2, 0.25) is 0 Å². The van der Waals surface area contributed by atoms with Gasteiger partial charge >= 0.3 is 6.01 Å². The summed E-state index contributed by atoms with van der Waals surface area (Å²) in [5.41, 5.74) is 1.69. The fourth-order valence-corrected chi connectivity index (χ4v) is 2.60. The summed E-state index contributed by atoms with van der Waals surface area (Å²) >= 11 is 0. The van der Waals surface area contributed by atoms with Gasteiger partial charge in [0.05, 0.1) is 6.54 Å². The third kappa shape index (κ3) is 3.58. The van der Waals surface area contributed by atoms with Crippen molar-refractivity contribution in [2.24, 2.45) is 10.2 Å². The van der Waals surface area contributed by atoms with Crippen LogP contribution in [0.3, 0.4) is 0 Å².